The molecule has 14 heteroatoms. The summed E-state index contributed by atoms with van der Waals surface area (Å²) in [6.45, 7) is 6.21. The summed E-state index contributed by atoms with van der Waals surface area (Å²) >= 11 is 0. The molecule has 5 aromatic rings. The van der Waals surface area contributed by atoms with E-state index in [0.29, 0.717) is 37.6 Å². The first-order chi connectivity index (χ1) is 26.9. The van der Waals surface area contributed by atoms with Crippen LogP contribution in [0.3, 0.4) is 0 Å². The number of alkyl carbamates (subject to hydrolysis) is 1. The predicted molar refractivity (Wildman–Crippen MR) is 211 cm³/mol. The summed E-state index contributed by atoms with van der Waals surface area (Å²) in [6, 6.07) is 19.3. The van der Waals surface area contributed by atoms with Crippen LogP contribution < -0.4 is 11.1 Å². The Morgan fingerprint density at radius 3 is 2.11 bits per heavy atom. The molecule has 2 aliphatic heterocycles. The van der Waals surface area contributed by atoms with Gasteiger partial charge in [-0.15, -0.1) is 4.48 Å². The Labute approximate surface area is 325 Å². The van der Waals surface area contributed by atoms with Gasteiger partial charge in [-0.2, -0.15) is 4.79 Å². The Morgan fingerprint density at radius 2 is 1.45 bits per heavy atom. The lowest BCUT2D eigenvalue weighted by molar-refractivity contribution is -0.802. The van der Waals surface area contributed by atoms with E-state index in [1.807, 2.05) is 19.9 Å². The number of aromatic nitrogens is 4. The number of benzene rings is 3. The Kier molecular flexibility index (Phi) is 10.8. The van der Waals surface area contributed by atoms with Crippen LogP contribution in [0.2, 0.25) is 0 Å². The van der Waals surface area contributed by atoms with E-state index in [9.17, 15) is 19.2 Å². The Hall–Kier alpha value is -5.86. The van der Waals surface area contributed by atoms with Gasteiger partial charge in [0, 0.05) is 32.0 Å². The number of nitrogens with zero attached hydrogens (tertiary/aromatic N) is 4. The van der Waals surface area contributed by atoms with Gasteiger partial charge in [-0.3, -0.25) is 4.79 Å². The monoisotopic (exact) mass is 761 g/mol. The number of nitrogens with one attached hydrogen (secondary N) is 3. The highest BCUT2D eigenvalue weighted by molar-refractivity contribution is 5.91. The van der Waals surface area contributed by atoms with Gasteiger partial charge < -0.3 is 35.4 Å². The Bertz CT molecular complexity index is 2260. The molecule has 56 heavy (non-hydrogen) atoms. The zero-order valence-corrected chi connectivity index (χ0v) is 32.4. The van der Waals surface area contributed by atoms with Crippen LogP contribution in [0, 0.1) is 5.92 Å². The van der Waals surface area contributed by atoms with Gasteiger partial charge in [-0.05, 0) is 65.3 Å². The van der Waals surface area contributed by atoms with Crippen molar-refractivity contribution in [2.45, 2.75) is 70.7 Å². The first-order valence-electron chi connectivity index (χ1n) is 19.1. The molecule has 0 bridgehead atoms. The number of likely N-dealkylation sites (tertiary alicyclic amines) is 2. The minimum Gasteiger partial charge on any atom is -0.436 e. The van der Waals surface area contributed by atoms with Crippen molar-refractivity contribution in [2.24, 2.45) is 11.7 Å². The molecule has 0 saturated carbocycles. The van der Waals surface area contributed by atoms with Crippen molar-refractivity contribution in [3.05, 3.63) is 84.7 Å². The molecular formula is C42H49N8O6+. The van der Waals surface area contributed by atoms with E-state index in [-0.39, 0.29) is 23.8 Å². The number of carbonyl (C=O) groups is 4. The molecule has 1 unspecified atom stereocenters. The minimum absolute atomic E-state index is 0.178. The van der Waals surface area contributed by atoms with E-state index in [1.54, 1.807) is 24.2 Å². The number of imidazole rings is 2. The van der Waals surface area contributed by atoms with Crippen LogP contribution in [-0.2, 0) is 19.1 Å². The van der Waals surface area contributed by atoms with E-state index < -0.39 is 34.9 Å². The maximum atomic E-state index is 13.5. The van der Waals surface area contributed by atoms with Crippen molar-refractivity contribution in [1.82, 2.24) is 30.2 Å². The number of hydrogen-bond acceptors (Lipinski definition) is 9. The van der Waals surface area contributed by atoms with Crippen molar-refractivity contribution < 1.29 is 33.1 Å². The van der Waals surface area contributed by atoms with E-state index in [0.717, 1.165) is 57.3 Å². The highest BCUT2D eigenvalue weighted by atomic mass is 16.6. The van der Waals surface area contributed by atoms with E-state index in [4.69, 9.17) is 15.2 Å². The first kappa shape index (κ1) is 38.4. The Morgan fingerprint density at radius 1 is 0.839 bits per heavy atom. The van der Waals surface area contributed by atoms with Crippen molar-refractivity contribution in [3.8, 4) is 33.6 Å². The van der Waals surface area contributed by atoms with Crippen LogP contribution in [0.25, 0.3) is 44.4 Å². The number of nitrogens with two attached hydrogens (primary N) is 1. The molecule has 0 spiro atoms. The molecule has 2 aromatic heterocycles. The molecule has 5 atom stereocenters. The number of methoxy groups -OCH3 is 1. The topological polar surface area (TPSA) is 185 Å². The number of fused-ring (bicyclic) bond motifs is 1. The zero-order valence-electron chi connectivity index (χ0n) is 32.4. The van der Waals surface area contributed by atoms with Crippen LogP contribution >= 0.6 is 0 Å². The van der Waals surface area contributed by atoms with Crippen LogP contribution in [-0.4, -0.2) is 92.7 Å². The largest absolute Gasteiger partial charge is 0.523 e. The molecule has 4 heterocycles. The van der Waals surface area contributed by atoms with E-state index in [2.05, 4.69) is 79.9 Å². The van der Waals surface area contributed by atoms with Crippen LogP contribution in [0.5, 0.6) is 0 Å². The van der Waals surface area contributed by atoms with Crippen molar-refractivity contribution >= 4 is 34.8 Å². The predicted octanol–water partition coefficient (Wildman–Crippen LogP) is 6.62. The molecule has 14 nitrogen and oxygen atoms in total. The number of ether oxygens (including phenoxy) is 2. The smallest absolute Gasteiger partial charge is 0.436 e. The lowest BCUT2D eigenvalue weighted by Gasteiger charge is -2.32. The fourth-order valence-electron chi connectivity index (χ4n) is 8.22. The number of quaternary nitrogens is 1. The standard InChI is InChI=1S/C42H48N8O6/c1-24(2)36(56-41(53)44-4)39(51)49-18-6-8-34(49)37-45-22-32(47-37)27-12-10-26(11-13-27)28-14-15-30-21-31(17-16-29(30)20-28)33-23-46-38(48-33)35-9-7-19-50(35,42(54)55-5)40(52)25(3)43/h10-17,20-25,34-36H,6-9,18-19,43H2,1-5H3,(H2-,44,45,46,47,48,53)/p+1/t25-,34-,35-,36-,50?/m0/s1. The molecule has 2 aliphatic rings. The fraction of sp³-hybridized carbons (Fsp3) is 0.381. The Balaban J connectivity index is 1.06. The minimum atomic E-state index is -0.878. The van der Waals surface area contributed by atoms with Gasteiger partial charge in [0.25, 0.3) is 5.91 Å². The summed E-state index contributed by atoms with van der Waals surface area (Å²) in [7, 11) is 2.77. The lowest BCUT2D eigenvalue weighted by Crippen LogP contribution is -2.61. The summed E-state index contributed by atoms with van der Waals surface area (Å²) < 4.78 is 10.0. The number of H-pyrrole nitrogens is 2. The van der Waals surface area contributed by atoms with Gasteiger partial charge in [-0.1, -0.05) is 62.4 Å². The number of hydrogen-bond donors (Lipinski definition) is 4. The maximum Gasteiger partial charge on any atom is 0.523 e. The number of rotatable bonds is 9. The molecule has 3 aromatic carbocycles. The van der Waals surface area contributed by atoms with E-state index >= 15 is 0 Å². The molecule has 4 amide bonds. The summed E-state index contributed by atoms with van der Waals surface area (Å²) in [5, 5.41) is 4.56. The van der Waals surface area contributed by atoms with Gasteiger partial charge in [0.1, 0.15) is 11.9 Å². The molecule has 5 N–H and O–H groups in total. The number of carbonyl (C=O) groups excluding carboxylic acids is 4. The second-order valence-corrected chi connectivity index (χ2v) is 15.1. The second-order valence-electron chi connectivity index (χ2n) is 15.1. The van der Waals surface area contributed by atoms with Gasteiger partial charge in [0.05, 0.1) is 43.5 Å². The number of aromatic amines is 2. The summed E-state index contributed by atoms with van der Waals surface area (Å²) in [5.74, 6) is 0.497. The number of amides is 4. The first-order valence-corrected chi connectivity index (χ1v) is 19.1. The van der Waals surface area contributed by atoms with Gasteiger partial charge >= 0.3 is 18.1 Å². The molecule has 2 saturated heterocycles. The highest BCUT2D eigenvalue weighted by Crippen LogP contribution is 2.41. The average molecular weight is 762 g/mol. The number of imide groups is 1. The van der Waals surface area contributed by atoms with Crippen LogP contribution in [0.15, 0.2) is 73.1 Å². The third-order valence-electron chi connectivity index (χ3n) is 11.1. The lowest BCUT2D eigenvalue weighted by atomic mass is 9.98. The quantitative estimate of drug-likeness (QED) is 0.120. The van der Waals surface area contributed by atoms with Crippen LogP contribution in [0.1, 0.15) is 70.2 Å². The van der Waals surface area contributed by atoms with Crippen molar-refractivity contribution in [1.29, 1.82) is 0 Å². The third kappa shape index (κ3) is 7.05. The summed E-state index contributed by atoms with van der Waals surface area (Å²) in [6.07, 6.45) is 4.29. The van der Waals surface area contributed by atoms with E-state index in [1.165, 1.54) is 14.2 Å². The normalized spacial score (nSPS) is 20.6. The molecule has 7 rings (SSSR count). The van der Waals surface area contributed by atoms with Crippen molar-refractivity contribution in [3.63, 3.8) is 0 Å². The average Bonchev–Trinajstić information content (AvgIpc) is 4.05. The molecule has 2 fully saturated rings. The SMILES string of the molecule is CNC(=O)O[C@H](C(=O)N1CCC[C@H]1c1ncc(-c2ccc(-c3ccc4cc(-c5cnc([C@@H]6CCC[N+]6(C(=O)OC)C(=O)[C@H](C)N)[nH]5)ccc4c3)cc2)[nH]1)C(C)C. The third-order valence-corrected chi connectivity index (χ3v) is 11.1. The van der Waals surface area contributed by atoms with Crippen LogP contribution in [0.4, 0.5) is 9.59 Å². The molecule has 0 radical (unpaired) electrons. The molecule has 292 valence electrons. The van der Waals surface area contributed by atoms with Gasteiger partial charge in [0.15, 0.2) is 18.0 Å². The van der Waals surface area contributed by atoms with Gasteiger partial charge in [-0.25, -0.2) is 19.6 Å². The summed E-state index contributed by atoms with van der Waals surface area (Å²) in [4.78, 5) is 69.7. The summed E-state index contributed by atoms with van der Waals surface area (Å²) in [5.41, 5.74) is 11.7. The fourth-order valence-corrected chi connectivity index (χ4v) is 8.22. The molecular weight excluding hydrogens is 713 g/mol. The van der Waals surface area contributed by atoms with Crippen molar-refractivity contribution in [2.75, 3.05) is 27.2 Å². The zero-order chi connectivity index (χ0) is 39.7. The highest BCUT2D eigenvalue weighted by Gasteiger charge is 2.58. The van der Waals surface area contributed by atoms with Gasteiger partial charge in [0.2, 0.25) is 0 Å². The second kappa shape index (κ2) is 15.7. The molecule has 0 aliphatic carbocycles. The maximum absolute atomic E-state index is 13.5.